The van der Waals surface area contributed by atoms with Crippen molar-refractivity contribution in [3.05, 3.63) is 83.5 Å². The van der Waals surface area contributed by atoms with Gasteiger partial charge in [0.2, 0.25) is 0 Å². The Balaban J connectivity index is 2.40. The summed E-state index contributed by atoms with van der Waals surface area (Å²) >= 11 is 0. The fourth-order valence-electron chi connectivity index (χ4n) is 4.59. The summed E-state index contributed by atoms with van der Waals surface area (Å²) in [5.41, 5.74) is 4.75. The van der Waals surface area contributed by atoms with E-state index in [1.54, 1.807) is 0 Å². The molecule has 0 heterocycles. The minimum atomic E-state index is -1.04. The number of unbranched alkanes of at least 4 members (excludes halogenated alkanes) is 3. The van der Waals surface area contributed by atoms with Gasteiger partial charge < -0.3 is 19.7 Å². The first-order valence-corrected chi connectivity index (χ1v) is 14.3. The molecule has 0 radical (unpaired) electrons. The van der Waals surface area contributed by atoms with Gasteiger partial charge in [-0.3, -0.25) is 0 Å². The molecule has 2 unspecified atom stereocenters. The number of carbonyl (C=O) groups is 2. The van der Waals surface area contributed by atoms with E-state index in [4.69, 9.17) is 9.47 Å². The van der Waals surface area contributed by atoms with E-state index in [0.29, 0.717) is 6.42 Å². The van der Waals surface area contributed by atoms with Crippen LogP contribution in [0.3, 0.4) is 0 Å². The van der Waals surface area contributed by atoms with E-state index in [9.17, 15) is 19.8 Å². The second kappa shape index (κ2) is 16.1. The Morgan fingerprint density at radius 2 is 1.50 bits per heavy atom. The smallest absolute Gasteiger partial charge is 0.336 e. The third-order valence-corrected chi connectivity index (χ3v) is 7.44. The maximum atomic E-state index is 12.6. The van der Waals surface area contributed by atoms with Crippen molar-refractivity contribution in [1.29, 1.82) is 0 Å². The lowest BCUT2D eigenvalue weighted by atomic mass is 9.77. The predicted molar refractivity (Wildman–Crippen MR) is 160 cm³/mol. The summed E-state index contributed by atoms with van der Waals surface area (Å²) in [4.78, 5) is 25.0. The Morgan fingerprint density at radius 3 is 2.05 bits per heavy atom. The van der Waals surface area contributed by atoms with Gasteiger partial charge in [0.05, 0.1) is 29.3 Å². The van der Waals surface area contributed by atoms with Crippen LogP contribution in [0.1, 0.15) is 76.0 Å². The number of rotatable bonds is 17. The molecule has 0 aliphatic rings. The number of aryl methyl sites for hydroxylation is 2. The second-order valence-corrected chi connectivity index (χ2v) is 10.7. The molecule has 6 heteroatoms. The highest BCUT2D eigenvalue weighted by Gasteiger charge is 2.36. The first kappa shape index (κ1) is 33.0. The molecule has 40 heavy (non-hydrogen) atoms. The molecule has 2 aromatic rings. The number of ether oxygens (including phenoxy) is 2. The van der Waals surface area contributed by atoms with Crippen molar-refractivity contribution in [2.45, 2.75) is 84.2 Å². The minimum Gasteiger partial charge on any atom is -0.461 e. The molecule has 0 saturated heterocycles. The molecule has 6 nitrogen and oxygen atoms in total. The topological polar surface area (TPSA) is 93.1 Å². The minimum absolute atomic E-state index is 0.0427. The Kier molecular flexibility index (Phi) is 13.3. The number of esters is 2. The summed E-state index contributed by atoms with van der Waals surface area (Å²) in [6, 6.07) is 14.6. The van der Waals surface area contributed by atoms with Gasteiger partial charge in [-0.2, -0.15) is 0 Å². The van der Waals surface area contributed by atoms with Gasteiger partial charge >= 0.3 is 11.9 Å². The van der Waals surface area contributed by atoms with Gasteiger partial charge in [-0.1, -0.05) is 95.2 Å². The average molecular weight is 551 g/mol. The molecule has 0 aliphatic heterocycles. The SMILES string of the molecule is C=C(CO)C(=O)OCC(CCCC)(COC(=O)C(=C)C(C)O)c1ccc(-c2ccc(CCCCC)c(C)c2)cc1. The van der Waals surface area contributed by atoms with Crippen LogP contribution in [0.4, 0.5) is 0 Å². The van der Waals surface area contributed by atoms with Crippen molar-refractivity contribution in [3.63, 3.8) is 0 Å². The quantitative estimate of drug-likeness (QED) is 0.135. The summed E-state index contributed by atoms with van der Waals surface area (Å²) < 4.78 is 11.2. The van der Waals surface area contributed by atoms with Gasteiger partial charge in [-0.05, 0) is 60.9 Å². The number of benzene rings is 2. The summed E-state index contributed by atoms with van der Waals surface area (Å²) in [6.45, 7) is 14.4. The van der Waals surface area contributed by atoms with Gasteiger partial charge in [0.1, 0.15) is 13.2 Å². The molecule has 2 rings (SSSR count). The molecular formula is C34H46O6. The third-order valence-electron chi connectivity index (χ3n) is 7.44. The molecule has 218 valence electrons. The Labute approximate surface area is 239 Å². The van der Waals surface area contributed by atoms with Gasteiger partial charge in [0, 0.05) is 0 Å². The standard InChI is InChI=1S/C34H46O6/c1-7-9-11-12-28-13-14-30(20-24(28)3)29-15-17-31(18-16-29)34(19-10-8-2,22-39-32(37)25(4)21-35)23-40-33(38)26(5)27(6)36/h13-18,20,27,35-36H,4-5,7-12,19,21-23H2,1-3,6H3. The molecule has 2 aromatic carbocycles. The summed E-state index contributed by atoms with van der Waals surface area (Å²) in [5.74, 6) is -1.40. The van der Waals surface area contributed by atoms with Crippen LogP contribution in [0.15, 0.2) is 66.8 Å². The first-order chi connectivity index (χ1) is 19.1. The van der Waals surface area contributed by atoms with E-state index in [0.717, 1.165) is 36.0 Å². The number of hydrogen-bond acceptors (Lipinski definition) is 6. The highest BCUT2D eigenvalue weighted by Crippen LogP contribution is 2.34. The van der Waals surface area contributed by atoms with Crippen molar-refractivity contribution in [2.75, 3.05) is 19.8 Å². The average Bonchev–Trinajstić information content (AvgIpc) is 2.96. The van der Waals surface area contributed by atoms with E-state index >= 15 is 0 Å². The van der Waals surface area contributed by atoms with Crippen LogP contribution in [0.2, 0.25) is 0 Å². The first-order valence-electron chi connectivity index (χ1n) is 14.3. The highest BCUT2D eigenvalue weighted by atomic mass is 16.5. The maximum Gasteiger partial charge on any atom is 0.336 e. The summed E-state index contributed by atoms with van der Waals surface area (Å²) in [7, 11) is 0. The van der Waals surface area contributed by atoms with Crippen LogP contribution in [0.5, 0.6) is 0 Å². The molecule has 0 amide bonds. The molecule has 0 aliphatic carbocycles. The van der Waals surface area contributed by atoms with E-state index in [1.807, 2.05) is 24.3 Å². The largest absolute Gasteiger partial charge is 0.461 e. The van der Waals surface area contributed by atoms with Crippen LogP contribution in [-0.4, -0.2) is 48.1 Å². The molecule has 2 N–H and O–H groups in total. The van der Waals surface area contributed by atoms with E-state index in [2.05, 4.69) is 52.1 Å². The predicted octanol–water partition coefficient (Wildman–Crippen LogP) is 6.39. The number of aliphatic hydroxyl groups is 2. The van der Waals surface area contributed by atoms with Crippen molar-refractivity contribution in [3.8, 4) is 11.1 Å². The molecule has 0 saturated carbocycles. The van der Waals surface area contributed by atoms with Crippen LogP contribution in [-0.2, 0) is 30.9 Å². The monoisotopic (exact) mass is 550 g/mol. The van der Waals surface area contributed by atoms with E-state index in [-0.39, 0.29) is 24.4 Å². The van der Waals surface area contributed by atoms with Gasteiger partial charge in [0.15, 0.2) is 0 Å². The zero-order valence-electron chi connectivity index (χ0n) is 24.6. The van der Waals surface area contributed by atoms with Crippen molar-refractivity contribution < 1.29 is 29.3 Å². The number of aliphatic hydroxyl groups excluding tert-OH is 2. The third kappa shape index (κ3) is 9.17. The van der Waals surface area contributed by atoms with Gasteiger partial charge in [-0.15, -0.1) is 0 Å². The molecule has 0 spiro atoms. The zero-order chi connectivity index (χ0) is 29.7. The Morgan fingerprint density at radius 1 is 0.900 bits per heavy atom. The molecule has 0 fully saturated rings. The van der Waals surface area contributed by atoms with Crippen LogP contribution in [0.25, 0.3) is 11.1 Å². The summed E-state index contributed by atoms with van der Waals surface area (Å²) in [5, 5.41) is 19.1. The lowest BCUT2D eigenvalue weighted by molar-refractivity contribution is -0.146. The van der Waals surface area contributed by atoms with Crippen molar-refractivity contribution in [2.24, 2.45) is 0 Å². The second-order valence-electron chi connectivity index (χ2n) is 10.7. The van der Waals surface area contributed by atoms with Crippen LogP contribution in [0, 0.1) is 6.92 Å². The zero-order valence-corrected chi connectivity index (χ0v) is 24.6. The van der Waals surface area contributed by atoms with Gasteiger partial charge in [0.25, 0.3) is 0 Å². The number of carbonyl (C=O) groups excluding carboxylic acids is 2. The fourth-order valence-corrected chi connectivity index (χ4v) is 4.59. The maximum absolute atomic E-state index is 12.6. The summed E-state index contributed by atoms with van der Waals surface area (Å²) in [6.07, 6.45) is 5.94. The molecule has 0 bridgehead atoms. The highest BCUT2D eigenvalue weighted by molar-refractivity contribution is 5.89. The van der Waals surface area contributed by atoms with E-state index < -0.39 is 30.1 Å². The molecule has 0 aromatic heterocycles. The molecular weight excluding hydrogens is 504 g/mol. The van der Waals surface area contributed by atoms with Crippen molar-refractivity contribution >= 4 is 11.9 Å². The van der Waals surface area contributed by atoms with Gasteiger partial charge in [-0.25, -0.2) is 9.59 Å². The number of hydrogen-bond donors (Lipinski definition) is 2. The lowest BCUT2D eigenvalue weighted by Crippen LogP contribution is -2.39. The molecule has 2 atom stereocenters. The normalized spacial score (nSPS) is 13.2. The Hall–Kier alpha value is -3.22. The van der Waals surface area contributed by atoms with E-state index in [1.165, 1.54) is 37.3 Å². The van der Waals surface area contributed by atoms with Crippen LogP contribution >= 0.6 is 0 Å². The lowest BCUT2D eigenvalue weighted by Gasteiger charge is -2.34. The fraction of sp³-hybridized carbons (Fsp3) is 0.471. The Bertz CT molecular complexity index is 1150. The van der Waals surface area contributed by atoms with Crippen molar-refractivity contribution in [1.82, 2.24) is 0 Å². The van der Waals surface area contributed by atoms with Crippen LogP contribution < -0.4 is 0 Å².